The van der Waals surface area contributed by atoms with Crippen LogP contribution in [-0.2, 0) is 22.4 Å². The van der Waals surface area contributed by atoms with Crippen molar-refractivity contribution < 1.29 is 9.59 Å². The highest BCUT2D eigenvalue weighted by Crippen LogP contribution is 2.35. The first-order valence-corrected chi connectivity index (χ1v) is 10.4. The van der Waals surface area contributed by atoms with Crippen LogP contribution in [0.4, 0.5) is 5.69 Å². The Hall–Kier alpha value is -1.63. The van der Waals surface area contributed by atoms with Gasteiger partial charge in [0.1, 0.15) is 5.25 Å². The average Bonchev–Trinajstić information content (AvgIpc) is 2.87. The van der Waals surface area contributed by atoms with E-state index in [-0.39, 0.29) is 18.2 Å². The molecule has 1 aromatic heterocycles. The second kappa shape index (κ2) is 7.41. The highest BCUT2D eigenvalue weighted by Gasteiger charge is 2.41. The Morgan fingerprint density at radius 2 is 1.78 bits per heavy atom. The molecule has 1 aliphatic carbocycles. The first kappa shape index (κ1) is 18.7. The third-order valence-corrected chi connectivity index (χ3v) is 6.31. The van der Waals surface area contributed by atoms with Crippen molar-refractivity contribution >= 4 is 52.5 Å². The Morgan fingerprint density at radius 3 is 2.52 bits per heavy atom. The third kappa shape index (κ3) is 3.71. The molecule has 0 bridgehead atoms. The van der Waals surface area contributed by atoms with Crippen LogP contribution in [0.25, 0.3) is 0 Å². The Morgan fingerprint density at radius 1 is 1.07 bits per heavy atom. The number of hydrogen-bond acceptors (Lipinski definition) is 5. The molecule has 1 saturated heterocycles. The number of benzene rings is 1. The van der Waals surface area contributed by atoms with Crippen LogP contribution in [0.5, 0.6) is 0 Å². The largest absolute Gasteiger partial charge is 0.274 e. The van der Waals surface area contributed by atoms with Crippen LogP contribution in [-0.4, -0.2) is 27.0 Å². The monoisotopic (exact) mass is 421 g/mol. The van der Waals surface area contributed by atoms with Gasteiger partial charge in [0.25, 0.3) is 0 Å². The number of carbonyl (C=O) groups excluding carboxylic acids is 2. The maximum atomic E-state index is 12.9. The number of nitrogens with zero attached hydrogens (tertiary/aromatic N) is 3. The van der Waals surface area contributed by atoms with Gasteiger partial charge >= 0.3 is 0 Å². The zero-order chi connectivity index (χ0) is 19.1. The molecule has 0 unspecified atom stereocenters. The third-order valence-electron chi connectivity index (χ3n) is 4.83. The predicted octanol–water partition coefficient (Wildman–Crippen LogP) is 4.39. The van der Waals surface area contributed by atoms with Gasteiger partial charge in [-0.1, -0.05) is 35.0 Å². The highest BCUT2D eigenvalue weighted by atomic mass is 35.5. The molecule has 2 heterocycles. The second-order valence-corrected chi connectivity index (χ2v) is 8.77. The molecule has 0 N–H and O–H groups in total. The zero-order valence-electron chi connectivity index (χ0n) is 14.7. The molecule has 2 aliphatic rings. The number of rotatable bonds is 3. The van der Waals surface area contributed by atoms with E-state index in [1.54, 1.807) is 18.2 Å². The van der Waals surface area contributed by atoms with Crippen LogP contribution in [0.1, 0.15) is 36.2 Å². The van der Waals surface area contributed by atoms with Crippen LogP contribution in [0.3, 0.4) is 0 Å². The minimum absolute atomic E-state index is 0.104. The quantitative estimate of drug-likeness (QED) is 0.542. The predicted molar refractivity (Wildman–Crippen MR) is 107 cm³/mol. The van der Waals surface area contributed by atoms with E-state index in [1.807, 2.05) is 6.92 Å². The number of amides is 2. The zero-order valence-corrected chi connectivity index (χ0v) is 17.0. The molecule has 0 spiro atoms. The minimum Gasteiger partial charge on any atom is -0.274 e. The Balaban J connectivity index is 1.58. The van der Waals surface area contributed by atoms with Crippen LogP contribution < -0.4 is 4.90 Å². The van der Waals surface area contributed by atoms with Crippen molar-refractivity contribution in [2.24, 2.45) is 0 Å². The first-order chi connectivity index (χ1) is 12.9. The molecular formula is C19H17Cl2N3O2S. The van der Waals surface area contributed by atoms with E-state index in [4.69, 9.17) is 23.2 Å². The molecule has 0 saturated carbocycles. The number of aryl methyl sites for hydroxylation is 2. The van der Waals surface area contributed by atoms with E-state index in [0.29, 0.717) is 20.9 Å². The minimum atomic E-state index is -0.545. The standard InChI is InChI=1S/C19H17Cl2N3O2S/c1-10-14-4-2-3-5-15(14)23-19(22-10)27-16-9-17(25)24(18(16)26)13-7-11(20)6-12(21)8-13/h6-8,16H,2-5,9H2,1H3/t16-/m0/s1. The molecule has 2 amide bonds. The topological polar surface area (TPSA) is 63.2 Å². The lowest BCUT2D eigenvalue weighted by Crippen LogP contribution is -2.31. The number of thioether (sulfide) groups is 1. The number of halogens is 2. The van der Waals surface area contributed by atoms with Gasteiger partial charge in [-0.15, -0.1) is 0 Å². The van der Waals surface area contributed by atoms with Gasteiger partial charge in [0, 0.05) is 27.9 Å². The van der Waals surface area contributed by atoms with E-state index < -0.39 is 5.25 Å². The molecule has 1 fully saturated rings. The van der Waals surface area contributed by atoms with Crippen molar-refractivity contribution in [3.05, 3.63) is 45.2 Å². The SMILES string of the molecule is Cc1nc(S[C@H]2CC(=O)N(c3cc(Cl)cc(Cl)c3)C2=O)nc2c1CCCC2. The molecule has 5 nitrogen and oxygen atoms in total. The normalized spacial score (nSPS) is 19.5. The lowest BCUT2D eigenvalue weighted by molar-refractivity contribution is -0.121. The molecule has 140 valence electrons. The fourth-order valence-corrected chi connectivity index (χ4v) is 5.12. The molecule has 4 rings (SSSR count). The molecule has 8 heteroatoms. The van der Waals surface area contributed by atoms with Crippen molar-refractivity contribution in [2.45, 2.75) is 49.4 Å². The van der Waals surface area contributed by atoms with Crippen molar-refractivity contribution in [3.63, 3.8) is 0 Å². The molecule has 27 heavy (non-hydrogen) atoms. The van der Waals surface area contributed by atoms with E-state index >= 15 is 0 Å². The maximum Gasteiger partial charge on any atom is 0.247 e. The van der Waals surface area contributed by atoms with Crippen LogP contribution in [0, 0.1) is 6.92 Å². The van der Waals surface area contributed by atoms with Crippen LogP contribution >= 0.6 is 35.0 Å². The smallest absolute Gasteiger partial charge is 0.247 e. The summed E-state index contributed by atoms with van der Waals surface area (Å²) >= 11 is 13.3. The Bertz CT molecular complexity index is 931. The number of aromatic nitrogens is 2. The molecule has 2 aromatic rings. The summed E-state index contributed by atoms with van der Waals surface area (Å²) in [4.78, 5) is 35.7. The maximum absolute atomic E-state index is 12.9. The number of imide groups is 1. The van der Waals surface area contributed by atoms with Gasteiger partial charge < -0.3 is 0 Å². The lowest BCUT2D eigenvalue weighted by Gasteiger charge is -2.18. The van der Waals surface area contributed by atoms with Crippen molar-refractivity contribution in [1.29, 1.82) is 0 Å². The summed E-state index contributed by atoms with van der Waals surface area (Å²) in [6, 6.07) is 4.69. The molecule has 1 atom stereocenters. The van der Waals surface area contributed by atoms with Gasteiger partial charge in [-0.05, 0) is 56.4 Å². The van der Waals surface area contributed by atoms with E-state index in [0.717, 1.165) is 42.0 Å². The summed E-state index contributed by atoms with van der Waals surface area (Å²) in [5, 5.41) is 0.771. The van der Waals surface area contributed by atoms with Crippen LogP contribution in [0.15, 0.2) is 23.4 Å². The number of anilines is 1. The lowest BCUT2D eigenvalue weighted by atomic mass is 9.95. The van der Waals surface area contributed by atoms with Gasteiger partial charge in [-0.25, -0.2) is 14.9 Å². The summed E-state index contributed by atoms with van der Waals surface area (Å²) < 4.78 is 0. The fourth-order valence-electron chi connectivity index (χ4n) is 3.57. The Labute approximate surface area is 171 Å². The Kier molecular flexibility index (Phi) is 5.14. The average molecular weight is 422 g/mol. The highest BCUT2D eigenvalue weighted by molar-refractivity contribution is 8.00. The van der Waals surface area contributed by atoms with E-state index in [2.05, 4.69) is 9.97 Å². The molecule has 1 aliphatic heterocycles. The van der Waals surface area contributed by atoms with E-state index in [1.165, 1.54) is 17.3 Å². The summed E-state index contributed by atoms with van der Waals surface area (Å²) in [6.45, 7) is 1.98. The fraction of sp³-hybridized carbons (Fsp3) is 0.368. The summed E-state index contributed by atoms with van der Waals surface area (Å²) in [7, 11) is 0. The molecular weight excluding hydrogens is 405 g/mol. The van der Waals surface area contributed by atoms with Crippen molar-refractivity contribution in [3.8, 4) is 0 Å². The van der Waals surface area contributed by atoms with Crippen LogP contribution in [0.2, 0.25) is 10.0 Å². The summed E-state index contributed by atoms with van der Waals surface area (Å²) in [5.74, 6) is -0.562. The van der Waals surface area contributed by atoms with Gasteiger partial charge in [-0.3, -0.25) is 9.59 Å². The molecule has 1 aromatic carbocycles. The van der Waals surface area contributed by atoms with Crippen molar-refractivity contribution in [1.82, 2.24) is 9.97 Å². The van der Waals surface area contributed by atoms with E-state index in [9.17, 15) is 9.59 Å². The van der Waals surface area contributed by atoms with Gasteiger partial charge in [0.15, 0.2) is 5.16 Å². The van der Waals surface area contributed by atoms with Crippen molar-refractivity contribution in [2.75, 3.05) is 4.90 Å². The number of fused-ring (bicyclic) bond motifs is 1. The van der Waals surface area contributed by atoms with Gasteiger partial charge in [-0.2, -0.15) is 0 Å². The van der Waals surface area contributed by atoms with Gasteiger partial charge in [0.05, 0.1) is 5.69 Å². The summed E-state index contributed by atoms with van der Waals surface area (Å²) in [5.41, 5.74) is 3.67. The number of hydrogen-bond donors (Lipinski definition) is 0. The summed E-state index contributed by atoms with van der Waals surface area (Å²) in [6.07, 6.45) is 4.34. The second-order valence-electron chi connectivity index (χ2n) is 6.73. The first-order valence-electron chi connectivity index (χ1n) is 8.78. The van der Waals surface area contributed by atoms with Gasteiger partial charge in [0.2, 0.25) is 11.8 Å². The molecule has 0 radical (unpaired) electrons. The number of carbonyl (C=O) groups is 2.